The van der Waals surface area contributed by atoms with Crippen LogP contribution in [0.4, 0.5) is 0 Å². The van der Waals surface area contributed by atoms with E-state index in [1.807, 2.05) is 32.9 Å². The minimum atomic E-state index is 0.0433. The van der Waals surface area contributed by atoms with Gasteiger partial charge in [-0.1, -0.05) is 70.6 Å². The van der Waals surface area contributed by atoms with Crippen molar-refractivity contribution in [3.05, 3.63) is 24.3 Å². The predicted molar refractivity (Wildman–Crippen MR) is 167 cm³/mol. The summed E-state index contributed by atoms with van der Waals surface area (Å²) in [4.78, 5) is 0. The molecule has 0 aliphatic heterocycles. The van der Waals surface area contributed by atoms with Crippen molar-refractivity contribution < 1.29 is 24.1 Å². The molecule has 0 radical (unpaired) electrons. The third kappa shape index (κ3) is 66.0. The van der Waals surface area contributed by atoms with Crippen molar-refractivity contribution in [2.75, 3.05) is 69.8 Å². The fraction of sp³-hybridized carbons (Fsp3) is 0.600. The van der Waals surface area contributed by atoms with Gasteiger partial charge >= 0.3 is 0 Å². The summed E-state index contributed by atoms with van der Waals surface area (Å²) in [6, 6.07) is 0. The quantitative estimate of drug-likeness (QED) is 0.0814. The predicted octanol–water partition coefficient (Wildman–Crippen LogP) is 5.68. The second-order valence-corrected chi connectivity index (χ2v) is 7.32. The fourth-order valence-corrected chi connectivity index (χ4v) is 2.10. The highest BCUT2D eigenvalue weighted by Crippen LogP contribution is 1.91. The second kappa shape index (κ2) is 51.2. The number of rotatable bonds is 15. The Morgan fingerprint density at radius 1 is 0.703 bits per heavy atom. The number of halogens is 2. The Kier molecular flexibility index (Phi) is 59.0. The fourth-order valence-electron chi connectivity index (χ4n) is 1.61. The molecule has 0 bridgehead atoms. The van der Waals surface area contributed by atoms with Gasteiger partial charge < -0.3 is 24.1 Å². The maximum Gasteiger partial charge on any atom is 0.107 e. The minimum absolute atomic E-state index is 0.0433. The second-order valence-electron chi connectivity index (χ2n) is 6.13. The first-order valence-corrected chi connectivity index (χ1v) is 14.3. The van der Waals surface area contributed by atoms with Crippen molar-refractivity contribution in [1.29, 1.82) is 0 Å². The molecule has 0 fully saturated rings. The topological polar surface area (TPSA) is 57.2 Å². The van der Waals surface area contributed by atoms with Gasteiger partial charge in [-0.15, -0.1) is 36.3 Å². The lowest BCUT2D eigenvalue weighted by atomic mass is 10.3. The third-order valence-corrected chi connectivity index (χ3v) is 3.89. The number of hydrogen-bond donors (Lipinski definition) is 1. The lowest BCUT2D eigenvalue weighted by Gasteiger charge is -1.90. The van der Waals surface area contributed by atoms with Crippen LogP contribution in [-0.4, -0.2) is 74.9 Å². The normalized spacial score (nSPS) is 9.08. The molecule has 0 aliphatic carbocycles. The van der Waals surface area contributed by atoms with Crippen LogP contribution in [0.5, 0.6) is 0 Å². The zero-order valence-electron chi connectivity index (χ0n) is 22.9. The van der Waals surface area contributed by atoms with Gasteiger partial charge in [-0.05, 0) is 33.6 Å². The molecule has 0 atom stereocenters. The standard InChI is InChI=1S/C10H15ClO.C10H15IO.C5H8O2.C5H8O/c2*1-2-12-10-8-6-4-3-5-7-9-11;1-2-4-7-5-3-6;1-3-5-6-4-2/h2*5,7H,2-4,9-10H2,1H3;1,6H,3-5H2;1H,4-5H2,2H3/b2*7-5-;;. The lowest BCUT2D eigenvalue weighted by molar-refractivity contribution is 0.115. The van der Waals surface area contributed by atoms with E-state index in [1.54, 1.807) is 0 Å². The molecule has 0 amide bonds. The van der Waals surface area contributed by atoms with Gasteiger partial charge in [-0.3, -0.25) is 0 Å². The molecular formula is C30H46ClIO5. The summed E-state index contributed by atoms with van der Waals surface area (Å²) in [5, 5.41) is 8.10. The van der Waals surface area contributed by atoms with Crippen LogP contribution in [-0.2, 0) is 18.9 Å². The number of alkyl halides is 2. The van der Waals surface area contributed by atoms with E-state index in [2.05, 4.69) is 75.0 Å². The third-order valence-electron chi connectivity index (χ3n) is 3.20. The number of unbranched alkanes of at least 4 members (excludes halogenated alkanes) is 2. The summed E-state index contributed by atoms with van der Waals surface area (Å²) in [7, 11) is 0. The number of ether oxygens (including phenoxy) is 4. The molecular weight excluding hydrogens is 603 g/mol. The Morgan fingerprint density at radius 2 is 1.16 bits per heavy atom. The van der Waals surface area contributed by atoms with Crippen LogP contribution >= 0.6 is 34.2 Å². The largest absolute Gasteiger partial charge is 0.394 e. The van der Waals surface area contributed by atoms with E-state index in [-0.39, 0.29) is 6.61 Å². The summed E-state index contributed by atoms with van der Waals surface area (Å²) >= 11 is 7.76. The molecule has 210 valence electrons. The van der Waals surface area contributed by atoms with Gasteiger partial charge in [0.1, 0.15) is 26.4 Å². The van der Waals surface area contributed by atoms with Crippen molar-refractivity contribution in [2.24, 2.45) is 0 Å². The van der Waals surface area contributed by atoms with Gasteiger partial charge in [0.2, 0.25) is 0 Å². The average molecular weight is 649 g/mol. The maximum atomic E-state index is 8.10. The molecule has 0 rings (SSSR count). The van der Waals surface area contributed by atoms with E-state index in [4.69, 9.17) is 43.8 Å². The van der Waals surface area contributed by atoms with Gasteiger partial charge in [-0.25, -0.2) is 0 Å². The SMILES string of the molecule is C#CCOCC.C#CCOCCO.CCOCC#CCC/C=C\CCl.CCOCC#CCC/C=C\CI. The zero-order valence-corrected chi connectivity index (χ0v) is 25.8. The van der Waals surface area contributed by atoms with Crippen LogP contribution in [0.3, 0.4) is 0 Å². The summed E-state index contributed by atoms with van der Waals surface area (Å²) in [5.41, 5.74) is 0. The van der Waals surface area contributed by atoms with E-state index < -0.39 is 0 Å². The van der Waals surface area contributed by atoms with E-state index >= 15 is 0 Å². The molecule has 0 aromatic rings. The van der Waals surface area contributed by atoms with Gasteiger partial charge in [-0.2, -0.15) is 0 Å². The van der Waals surface area contributed by atoms with Gasteiger partial charge in [0.05, 0.1) is 13.2 Å². The van der Waals surface area contributed by atoms with E-state index in [9.17, 15) is 0 Å². The van der Waals surface area contributed by atoms with Crippen molar-refractivity contribution >= 4 is 34.2 Å². The molecule has 0 aromatic carbocycles. The lowest BCUT2D eigenvalue weighted by Crippen LogP contribution is -1.97. The number of allylic oxidation sites excluding steroid dienone is 4. The minimum Gasteiger partial charge on any atom is -0.394 e. The van der Waals surface area contributed by atoms with E-state index in [1.165, 1.54) is 0 Å². The van der Waals surface area contributed by atoms with Crippen LogP contribution in [0, 0.1) is 48.4 Å². The smallest absolute Gasteiger partial charge is 0.107 e. The zero-order chi connectivity index (χ0) is 28.5. The Labute approximate surface area is 246 Å². The van der Waals surface area contributed by atoms with Gasteiger partial charge in [0.25, 0.3) is 0 Å². The summed E-state index contributed by atoms with van der Waals surface area (Å²) < 4.78 is 20.6. The maximum absolute atomic E-state index is 8.10. The van der Waals surface area contributed by atoms with Gasteiger partial charge in [0.15, 0.2) is 0 Å². The molecule has 0 aromatic heterocycles. The Bertz CT molecular complexity index is 633. The highest BCUT2D eigenvalue weighted by molar-refractivity contribution is 14.1. The van der Waals surface area contributed by atoms with Crippen molar-refractivity contribution in [1.82, 2.24) is 0 Å². The van der Waals surface area contributed by atoms with Crippen LogP contribution in [0.1, 0.15) is 46.5 Å². The average Bonchev–Trinajstić information content (AvgIpc) is 2.92. The molecule has 0 saturated heterocycles. The first kappa shape index (κ1) is 42.6. The van der Waals surface area contributed by atoms with Crippen LogP contribution in [0.25, 0.3) is 0 Å². The van der Waals surface area contributed by atoms with Crippen molar-refractivity contribution in [3.8, 4) is 48.4 Å². The molecule has 0 aliphatic rings. The Balaban J connectivity index is -0.000000205. The first-order valence-electron chi connectivity index (χ1n) is 12.3. The summed E-state index contributed by atoms with van der Waals surface area (Å²) in [5.74, 6) is 17.1. The molecule has 7 heteroatoms. The molecule has 5 nitrogen and oxygen atoms in total. The highest BCUT2D eigenvalue weighted by atomic mass is 127. The van der Waals surface area contributed by atoms with E-state index in [0.717, 1.165) is 43.3 Å². The molecule has 37 heavy (non-hydrogen) atoms. The first-order chi connectivity index (χ1) is 18.2. The highest BCUT2D eigenvalue weighted by Gasteiger charge is 1.78. The monoisotopic (exact) mass is 648 g/mol. The molecule has 0 unspecified atom stereocenters. The number of aliphatic hydroxyl groups is 1. The number of terminal acetylenes is 2. The van der Waals surface area contributed by atoms with Crippen LogP contribution in [0.2, 0.25) is 0 Å². The molecule has 0 saturated carbocycles. The number of hydrogen-bond acceptors (Lipinski definition) is 5. The van der Waals surface area contributed by atoms with Gasteiger partial charge in [0, 0.05) is 43.0 Å². The van der Waals surface area contributed by atoms with Crippen LogP contribution < -0.4 is 0 Å². The molecule has 1 N–H and O–H groups in total. The van der Waals surface area contributed by atoms with Crippen molar-refractivity contribution in [3.63, 3.8) is 0 Å². The van der Waals surface area contributed by atoms with E-state index in [0.29, 0.717) is 45.5 Å². The Hall–Kier alpha value is -1.46. The van der Waals surface area contributed by atoms with Crippen LogP contribution in [0.15, 0.2) is 24.3 Å². The molecule has 0 spiro atoms. The van der Waals surface area contributed by atoms with Crippen molar-refractivity contribution in [2.45, 2.75) is 46.5 Å². The molecule has 0 heterocycles. The summed E-state index contributed by atoms with van der Waals surface area (Å²) in [6.07, 6.45) is 21.8. The summed E-state index contributed by atoms with van der Waals surface area (Å²) in [6.45, 7) is 10.3. The Morgan fingerprint density at radius 3 is 1.54 bits per heavy atom. The number of aliphatic hydroxyl groups excluding tert-OH is 1.